The maximum Gasteiger partial charge on any atom is 0.417 e. The maximum atomic E-state index is 13.0. The third-order valence-corrected chi connectivity index (χ3v) is 3.44. The van der Waals surface area contributed by atoms with Crippen molar-refractivity contribution in [2.45, 2.75) is 6.18 Å². The highest BCUT2D eigenvalue weighted by molar-refractivity contribution is 6.37. The van der Waals surface area contributed by atoms with Crippen LogP contribution in [0.25, 0.3) is 11.1 Å². The minimum absolute atomic E-state index is 0.154. The van der Waals surface area contributed by atoms with Crippen LogP contribution in [0.1, 0.15) is 21.5 Å². The minimum atomic E-state index is -4.58. The van der Waals surface area contributed by atoms with Crippen molar-refractivity contribution in [3.63, 3.8) is 0 Å². The summed E-state index contributed by atoms with van der Waals surface area (Å²) in [5.74, 6) is -0.625. The van der Waals surface area contributed by atoms with E-state index >= 15 is 0 Å². The van der Waals surface area contributed by atoms with Gasteiger partial charge in [-0.25, -0.2) is 0 Å². The van der Waals surface area contributed by atoms with Crippen LogP contribution < -0.4 is 0 Å². The van der Waals surface area contributed by atoms with Gasteiger partial charge in [0.1, 0.15) is 0 Å². The predicted octanol–water partition coefficient (Wildman–Crippen LogP) is 4.57. The molecule has 0 atom stereocenters. The number of rotatable bonds is 0. The Morgan fingerprint density at radius 2 is 1.53 bits per heavy atom. The average Bonchev–Trinajstić information content (AvgIpc) is 2.64. The molecule has 19 heavy (non-hydrogen) atoms. The Balaban J connectivity index is 2.41. The molecule has 1 aliphatic rings. The molecule has 0 saturated carbocycles. The molecule has 96 valence electrons. The van der Waals surface area contributed by atoms with Gasteiger partial charge in [-0.2, -0.15) is 13.2 Å². The number of fused-ring (bicyclic) bond motifs is 3. The van der Waals surface area contributed by atoms with Gasteiger partial charge in [-0.1, -0.05) is 35.9 Å². The van der Waals surface area contributed by atoms with Crippen LogP contribution >= 0.6 is 11.6 Å². The smallest absolute Gasteiger partial charge is 0.289 e. The fourth-order valence-corrected chi connectivity index (χ4v) is 2.61. The van der Waals surface area contributed by atoms with E-state index in [-0.39, 0.29) is 21.7 Å². The van der Waals surface area contributed by atoms with E-state index in [0.717, 1.165) is 6.07 Å². The van der Waals surface area contributed by atoms with Gasteiger partial charge in [0.15, 0.2) is 5.78 Å². The highest BCUT2D eigenvalue weighted by Crippen LogP contribution is 2.46. The average molecular weight is 283 g/mol. The number of carbonyl (C=O) groups is 1. The van der Waals surface area contributed by atoms with Crippen LogP contribution in [0.3, 0.4) is 0 Å². The van der Waals surface area contributed by atoms with E-state index in [1.165, 1.54) is 12.1 Å². The highest BCUT2D eigenvalue weighted by atomic mass is 35.5. The second-order valence-electron chi connectivity index (χ2n) is 4.22. The lowest BCUT2D eigenvalue weighted by Crippen LogP contribution is -2.11. The molecule has 1 aliphatic carbocycles. The Kier molecular flexibility index (Phi) is 2.47. The van der Waals surface area contributed by atoms with Crippen LogP contribution in [-0.2, 0) is 6.18 Å². The first-order valence-corrected chi connectivity index (χ1v) is 5.83. The number of benzene rings is 2. The van der Waals surface area contributed by atoms with Gasteiger partial charge in [-0.3, -0.25) is 4.79 Å². The molecule has 2 aromatic carbocycles. The quantitative estimate of drug-likeness (QED) is 0.590. The lowest BCUT2D eigenvalue weighted by atomic mass is 10.0. The second kappa shape index (κ2) is 3.84. The third-order valence-electron chi connectivity index (χ3n) is 3.13. The molecule has 0 amide bonds. The Hall–Kier alpha value is -1.81. The Morgan fingerprint density at radius 3 is 2.16 bits per heavy atom. The normalized spacial score (nSPS) is 13.4. The first-order chi connectivity index (χ1) is 8.91. The number of alkyl halides is 3. The van der Waals surface area contributed by atoms with E-state index in [1.807, 2.05) is 0 Å². The molecule has 5 heteroatoms. The lowest BCUT2D eigenvalue weighted by Gasteiger charge is -2.12. The Bertz CT molecular complexity index is 704. The van der Waals surface area contributed by atoms with Gasteiger partial charge in [0.2, 0.25) is 0 Å². The van der Waals surface area contributed by atoms with Crippen molar-refractivity contribution in [2.75, 3.05) is 0 Å². The molecule has 0 unspecified atom stereocenters. The number of carbonyl (C=O) groups excluding carboxylic acids is 1. The molecule has 0 heterocycles. The van der Waals surface area contributed by atoms with Crippen LogP contribution in [0.4, 0.5) is 13.2 Å². The van der Waals surface area contributed by atoms with Crippen LogP contribution in [0.2, 0.25) is 5.02 Å². The van der Waals surface area contributed by atoms with Crippen molar-refractivity contribution in [1.29, 1.82) is 0 Å². The summed E-state index contributed by atoms with van der Waals surface area (Å²) in [5.41, 5.74) is -0.388. The molecule has 2 aromatic rings. The van der Waals surface area contributed by atoms with Gasteiger partial charge in [0.05, 0.1) is 5.56 Å². The molecule has 0 aromatic heterocycles. The zero-order valence-corrected chi connectivity index (χ0v) is 10.1. The number of hydrogen-bond donors (Lipinski definition) is 0. The van der Waals surface area contributed by atoms with Crippen molar-refractivity contribution < 1.29 is 18.0 Å². The zero-order valence-electron chi connectivity index (χ0n) is 9.38. The molecule has 0 fully saturated rings. The fraction of sp³-hybridized carbons (Fsp3) is 0.0714. The first kappa shape index (κ1) is 12.2. The van der Waals surface area contributed by atoms with Gasteiger partial charge in [-0.05, 0) is 17.7 Å². The molecule has 0 N–H and O–H groups in total. The fourth-order valence-electron chi connectivity index (χ4n) is 2.35. The van der Waals surface area contributed by atoms with Crippen molar-refractivity contribution >= 4 is 17.4 Å². The second-order valence-corrected chi connectivity index (χ2v) is 4.62. The SMILES string of the molecule is O=C1c2ccccc2-c2c(Cl)ccc(C(F)(F)F)c21. The summed E-state index contributed by atoms with van der Waals surface area (Å²) >= 11 is 5.97. The van der Waals surface area contributed by atoms with Crippen molar-refractivity contribution in [3.05, 3.63) is 58.1 Å². The third kappa shape index (κ3) is 1.67. The summed E-state index contributed by atoms with van der Waals surface area (Å²) in [6.07, 6.45) is -4.58. The van der Waals surface area contributed by atoms with E-state index in [9.17, 15) is 18.0 Å². The largest absolute Gasteiger partial charge is 0.417 e. The molecule has 3 rings (SSSR count). The van der Waals surface area contributed by atoms with E-state index < -0.39 is 17.5 Å². The van der Waals surface area contributed by atoms with E-state index in [4.69, 9.17) is 11.6 Å². The molecular weight excluding hydrogens is 277 g/mol. The van der Waals surface area contributed by atoms with Crippen molar-refractivity contribution in [1.82, 2.24) is 0 Å². The van der Waals surface area contributed by atoms with Gasteiger partial charge >= 0.3 is 6.18 Å². The van der Waals surface area contributed by atoms with Crippen LogP contribution in [0.15, 0.2) is 36.4 Å². The maximum absolute atomic E-state index is 13.0. The van der Waals surface area contributed by atoms with Crippen molar-refractivity contribution in [2.24, 2.45) is 0 Å². The zero-order chi connectivity index (χ0) is 13.8. The molecule has 0 spiro atoms. The summed E-state index contributed by atoms with van der Waals surface area (Å²) in [7, 11) is 0. The van der Waals surface area contributed by atoms with Crippen LogP contribution in [0, 0.1) is 0 Å². The highest BCUT2D eigenvalue weighted by Gasteiger charge is 2.40. The first-order valence-electron chi connectivity index (χ1n) is 5.45. The summed E-state index contributed by atoms with van der Waals surface area (Å²) < 4.78 is 38.9. The van der Waals surface area contributed by atoms with Crippen LogP contribution in [-0.4, -0.2) is 5.78 Å². The Labute approximate surface area is 111 Å². The van der Waals surface area contributed by atoms with Gasteiger partial charge in [0, 0.05) is 21.7 Å². The van der Waals surface area contributed by atoms with Gasteiger partial charge < -0.3 is 0 Å². The molecule has 0 radical (unpaired) electrons. The standard InChI is InChI=1S/C14H6ClF3O/c15-10-6-5-9(14(16,17)18)12-11(10)7-3-1-2-4-8(7)13(12)19/h1-6H. The van der Waals surface area contributed by atoms with E-state index in [2.05, 4.69) is 0 Å². The predicted molar refractivity (Wildman–Crippen MR) is 65.3 cm³/mol. The molecular formula is C14H6ClF3O. The summed E-state index contributed by atoms with van der Waals surface area (Å²) in [4.78, 5) is 12.1. The van der Waals surface area contributed by atoms with E-state index in [0.29, 0.717) is 5.56 Å². The minimum Gasteiger partial charge on any atom is -0.289 e. The molecule has 0 saturated heterocycles. The summed E-state index contributed by atoms with van der Waals surface area (Å²) in [5, 5.41) is 0.154. The van der Waals surface area contributed by atoms with Crippen LogP contribution in [0.5, 0.6) is 0 Å². The van der Waals surface area contributed by atoms with E-state index in [1.54, 1.807) is 18.2 Å². The van der Waals surface area contributed by atoms with Crippen molar-refractivity contribution in [3.8, 4) is 11.1 Å². The Morgan fingerprint density at radius 1 is 0.895 bits per heavy atom. The topological polar surface area (TPSA) is 17.1 Å². The monoisotopic (exact) mass is 282 g/mol. The molecule has 0 bridgehead atoms. The van der Waals surface area contributed by atoms with Gasteiger partial charge in [0.25, 0.3) is 0 Å². The lowest BCUT2D eigenvalue weighted by molar-refractivity contribution is -0.137. The summed E-state index contributed by atoms with van der Waals surface area (Å²) in [6, 6.07) is 8.42. The number of hydrogen-bond acceptors (Lipinski definition) is 1. The van der Waals surface area contributed by atoms with Gasteiger partial charge in [-0.15, -0.1) is 0 Å². The number of ketones is 1. The molecule has 1 nitrogen and oxygen atoms in total. The molecule has 0 aliphatic heterocycles. The number of halogens is 4. The summed E-state index contributed by atoms with van der Waals surface area (Å²) in [6.45, 7) is 0.